The number of aromatic nitrogens is 1. The lowest BCUT2D eigenvalue weighted by Gasteiger charge is -1.98. The highest BCUT2D eigenvalue weighted by atomic mass is 79.9. The van der Waals surface area contributed by atoms with Crippen LogP contribution in [0, 0.1) is 0 Å². The molecule has 0 atom stereocenters. The molecule has 4 heteroatoms. The molecule has 0 aliphatic heterocycles. The van der Waals surface area contributed by atoms with E-state index in [2.05, 4.69) is 20.9 Å². The van der Waals surface area contributed by atoms with Crippen molar-refractivity contribution < 1.29 is 4.79 Å². The van der Waals surface area contributed by atoms with E-state index >= 15 is 0 Å². The van der Waals surface area contributed by atoms with Crippen molar-refractivity contribution in [2.45, 2.75) is 6.42 Å². The number of Topliss-reactive ketones (excluding diaryl/α,β-unsaturated/α-hetero) is 1. The monoisotopic (exact) mass is 281 g/mol. The highest BCUT2D eigenvalue weighted by Crippen LogP contribution is 2.13. The van der Waals surface area contributed by atoms with Gasteiger partial charge in [-0.15, -0.1) is 11.3 Å². The number of hydrogen-bond donors (Lipinski definition) is 0. The van der Waals surface area contributed by atoms with Crippen LogP contribution in [0.5, 0.6) is 0 Å². The molecule has 2 rings (SSSR count). The molecule has 0 unspecified atom stereocenters. The number of ketones is 1. The van der Waals surface area contributed by atoms with Crippen LogP contribution in [-0.2, 0) is 6.42 Å². The van der Waals surface area contributed by atoms with Crippen LogP contribution in [0.2, 0.25) is 0 Å². The Morgan fingerprint density at radius 2 is 2.27 bits per heavy atom. The molecule has 0 spiro atoms. The molecule has 0 aliphatic rings. The lowest BCUT2D eigenvalue weighted by Crippen LogP contribution is -2.02. The topological polar surface area (TPSA) is 30.0 Å². The molecular formula is C11H8BrNOS. The first-order valence-corrected chi connectivity index (χ1v) is 6.10. The van der Waals surface area contributed by atoms with E-state index in [9.17, 15) is 4.79 Å². The summed E-state index contributed by atoms with van der Waals surface area (Å²) in [6.07, 6.45) is 2.07. The summed E-state index contributed by atoms with van der Waals surface area (Å²) in [5, 5.41) is 1.91. The number of pyridine rings is 1. The minimum atomic E-state index is 0.125. The molecule has 76 valence electrons. The maximum absolute atomic E-state index is 11.7. The van der Waals surface area contributed by atoms with Gasteiger partial charge in [-0.2, -0.15) is 0 Å². The van der Waals surface area contributed by atoms with E-state index in [1.807, 2.05) is 29.6 Å². The van der Waals surface area contributed by atoms with Gasteiger partial charge in [0.05, 0.1) is 11.3 Å². The van der Waals surface area contributed by atoms with Crippen molar-refractivity contribution in [1.29, 1.82) is 0 Å². The van der Waals surface area contributed by atoms with E-state index in [4.69, 9.17) is 0 Å². The zero-order valence-electron chi connectivity index (χ0n) is 7.81. The lowest BCUT2D eigenvalue weighted by atomic mass is 10.2. The minimum Gasteiger partial charge on any atom is -0.293 e. The van der Waals surface area contributed by atoms with E-state index in [1.165, 1.54) is 11.3 Å². The van der Waals surface area contributed by atoms with Crippen LogP contribution in [0.15, 0.2) is 40.3 Å². The van der Waals surface area contributed by atoms with Crippen LogP contribution < -0.4 is 0 Å². The number of carbonyl (C=O) groups excluding carboxylic acids is 1. The maximum Gasteiger partial charge on any atom is 0.178 e. The van der Waals surface area contributed by atoms with Crippen molar-refractivity contribution in [3.8, 4) is 0 Å². The van der Waals surface area contributed by atoms with Gasteiger partial charge < -0.3 is 0 Å². The molecule has 0 amide bonds. The molecular weight excluding hydrogens is 274 g/mol. The fraction of sp³-hybridized carbons (Fsp3) is 0.0909. The number of nitrogens with zero attached hydrogens (tertiary/aromatic N) is 1. The predicted octanol–water partition coefficient (Wildman–Crippen LogP) is 3.33. The summed E-state index contributed by atoms with van der Waals surface area (Å²) < 4.78 is 0.926. The zero-order chi connectivity index (χ0) is 10.7. The van der Waals surface area contributed by atoms with E-state index in [1.54, 1.807) is 6.20 Å². The van der Waals surface area contributed by atoms with Crippen LogP contribution in [0.3, 0.4) is 0 Å². The summed E-state index contributed by atoms with van der Waals surface area (Å²) in [5.74, 6) is 0.125. The molecule has 0 saturated heterocycles. The van der Waals surface area contributed by atoms with Crippen molar-refractivity contribution in [3.63, 3.8) is 0 Å². The summed E-state index contributed by atoms with van der Waals surface area (Å²) in [4.78, 5) is 16.7. The van der Waals surface area contributed by atoms with Gasteiger partial charge in [0.2, 0.25) is 0 Å². The fourth-order valence-corrected chi connectivity index (χ4v) is 2.10. The summed E-state index contributed by atoms with van der Waals surface area (Å²) in [5.41, 5.74) is 0.802. The SMILES string of the molecule is O=C(Cc1ccc(Br)cn1)c1cccs1. The van der Waals surface area contributed by atoms with Crippen LogP contribution in [0.25, 0.3) is 0 Å². The average molecular weight is 282 g/mol. The molecule has 0 fully saturated rings. The van der Waals surface area contributed by atoms with Gasteiger partial charge in [0.15, 0.2) is 5.78 Å². The number of carbonyl (C=O) groups is 1. The van der Waals surface area contributed by atoms with E-state index in [0.29, 0.717) is 6.42 Å². The Hall–Kier alpha value is -1.00. The van der Waals surface area contributed by atoms with Crippen molar-refractivity contribution in [3.05, 3.63) is 50.9 Å². The van der Waals surface area contributed by atoms with Crippen molar-refractivity contribution in [1.82, 2.24) is 4.98 Å². The van der Waals surface area contributed by atoms with Gasteiger partial charge in [-0.1, -0.05) is 6.07 Å². The van der Waals surface area contributed by atoms with Crippen molar-refractivity contribution >= 4 is 33.0 Å². The molecule has 2 heterocycles. The molecule has 0 radical (unpaired) electrons. The molecule has 0 aliphatic carbocycles. The lowest BCUT2D eigenvalue weighted by molar-refractivity contribution is 0.0996. The average Bonchev–Trinajstić information content (AvgIpc) is 2.74. The summed E-state index contributed by atoms with van der Waals surface area (Å²) in [7, 11) is 0. The number of halogens is 1. The van der Waals surface area contributed by atoms with E-state index in [-0.39, 0.29) is 5.78 Å². The van der Waals surface area contributed by atoms with E-state index in [0.717, 1.165) is 15.0 Å². The Bertz CT molecular complexity index is 450. The van der Waals surface area contributed by atoms with Gasteiger partial charge in [-0.25, -0.2) is 0 Å². The highest BCUT2D eigenvalue weighted by Gasteiger charge is 2.08. The van der Waals surface area contributed by atoms with Gasteiger partial charge >= 0.3 is 0 Å². The Kier molecular flexibility index (Phi) is 3.28. The largest absolute Gasteiger partial charge is 0.293 e. The number of hydrogen-bond acceptors (Lipinski definition) is 3. The normalized spacial score (nSPS) is 10.2. The first-order chi connectivity index (χ1) is 7.25. The molecule has 0 aromatic carbocycles. The third-order valence-electron chi connectivity index (χ3n) is 1.93. The van der Waals surface area contributed by atoms with E-state index < -0.39 is 0 Å². The Morgan fingerprint density at radius 1 is 1.40 bits per heavy atom. The number of thiophene rings is 1. The van der Waals surface area contributed by atoms with Gasteiger partial charge in [-0.3, -0.25) is 9.78 Å². The van der Waals surface area contributed by atoms with Crippen molar-refractivity contribution in [2.24, 2.45) is 0 Å². The van der Waals surface area contributed by atoms with Gasteiger partial charge in [0.25, 0.3) is 0 Å². The van der Waals surface area contributed by atoms with Crippen LogP contribution in [0.4, 0.5) is 0 Å². The molecule has 2 nitrogen and oxygen atoms in total. The van der Waals surface area contributed by atoms with Crippen LogP contribution in [-0.4, -0.2) is 10.8 Å². The fourth-order valence-electron chi connectivity index (χ4n) is 1.20. The molecule has 0 bridgehead atoms. The van der Waals surface area contributed by atoms with Crippen molar-refractivity contribution in [2.75, 3.05) is 0 Å². The number of rotatable bonds is 3. The Morgan fingerprint density at radius 3 is 2.87 bits per heavy atom. The molecule has 0 saturated carbocycles. The third kappa shape index (κ3) is 2.73. The highest BCUT2D eigenvalue weighted by molar-refractivity contribution is 9.10. The van der Waals surface area contributed by atoms with Gasteiger partial charge in [-0.05, 0) is 39.5 Å². The smallest absolute Gasteiger partial charge is 0.178 e. The second kappa shape index (κ2) is 4.68. The molecule has 15 heavy (non-hydrogen) atoms. The summed E-state index contributed by atoms with van der Waals surface area (Å²) in [6.45, 7) is 0. The van der Waals surface area contributed by atoms with Crippen LogP contribution >= 0.6 is 27.3 Å². The molecule has 2 aromatic rings. The first kappa shape index (κ1) is 10.5. The second-order valence-corrected chi connectivity index (χ2v) is 4.91. The van der Waals surface area contributed by atoms with Gasteiger partial charge in [0.1, 0.15) is 0 Å². The second-order valence-electron chi connectivity index (χ2n) is 3.05. The Labute approximate surface area is 100 Å². The first-order valence-electron chi connectivity index (χ1n) is 4.43. The minimum absolute atomic E-state index is 0.125. The molecule has 0 N–H and O–H groups in total. The predicted molar refractivity (Wildman–Crippen MR) is 64.3 cm³/mol. The molecule has 2 aromatic heterocycles. The standard InChI is InChI=1S/C11H8BrNOS/c12-8-3-4-9(13-7-8)6-10(14)11-2-1-5-15-11/h1-5,7H,6H2. The Balaban J connectivity index is 2.09. The van der Waals surface area contributed by atoms with Crippen LogP contribution in [0.1, 0.15) is 15.4 Å². The third-order valence-corrected chi connectivity index (χ3v) is 3.31. The maximum atomic E-state index is 11.7. The quantitative estimate of drug-likeness (QED) is 0.808. The zero-order valence-corrected chi connectivity index (χ0v) is 10.2. The summed E-state index contributed by atoms with van der Waals surface area (Å²) >= 11 is 4.77. The summed E-state index contributed by atoms with van der Waals surface area (Å²) in [6, 6.07) is 7.47. The van der Waals surface area contributed by atoms with Gasteiger partial charge in [0, 0.05) is 16.4 Å².